The van der Waals surface area contributed by atoms with Gasteiger partial charge in [-0.25, -0.2) is 9.97 Å². The van der Waals surface area contributed by atoms with Crippen LogP contribution < -0.4 is 0 Å². The number of fused-ring (bicyclic) bond motifs is 12. The first-order valence-electron chi connectivity index (χ1n) is 17.5. The van der Waals surface area contributed by atoms with E-state index in [1.54, 1.807) is 0 Å². The van der Waals surface area contributed by atoms with Crippen molar-refractivity contribution in [1.82, 2.24) is 14.5 Å². The van der Waals surface area contributed by atoms with E-state index < -0.39 is 0 Å². The summed E-state index contributed by atoms with van der Waals surface area (Å²) in [6, 6.07) is 53.7. The lowest BCUT2D eigenvalue weighted by atomic mass is 9.81. The fraction of sp³-hybridized carbons (Fsp3) is 0.0638. The predicted octanol–water partition coefficient (Wildman–Crippen LogP) is 12.3. The van der Waals surface area contributed by atoms with Gasteiger partial charge in [0.15, 0.2) is 5.82 Å². The quantitative estimate of drug-likeness (QED) is 0.191. The van der Waals surface area contributed by atoms with Gasteiger partial charge in [0.1, 0.15) is 11.2 Å². The summed E-state index contributed by atoms with van der Waals surface area (Å²) in [5, 5.41) is 5.86. The lowest BCUT2D eigenvalue weighted by Crippen LogP contribution is -2.15. The van der Waals surface area contributed by atoms with E-state index in [4.69, 9.17) is 14.4 Å². The van der Waals surface area contributed by atoms with Crippen molar-refractivity contribution in [3.63, 3.8) is 0 Å². The van der Waals surface area contributed by atoms with Crippen LogP contribution in [0.2, 0.25) is 0 Å². The topological polar surface area (TPSA) is 43.9 Å². The van der Waals surface area contributed by atoms with Gasteiger partial charge >= 0.3 is 0 Å². The summed E-state index contributed by atoms with van der Waals surface area (Å²) < 4.78 is 9.09. The van der Waals surface area contributed by atoms with Crippen molar-refractivity contribution in [2.24, 2.45) is 0 Å². The monoisotopic (exact) mass is 653 g/mol. The van der Waals surface area contributed by atoms with Crippen LogP contribution in [0, 0.1) is 0 Å². The molecule has 51 heavy (non-hydrogen) atoms. The highest BCUT2D eigenvalue weighted by atomic mass is 16.3. The third kappa shape index (κ3) is 3.90. The van der Waals surface area contributed by atoms with Gasteiger partial charge in [0.25, 0.3) is 0 Å². The number of hydrogen-bond acceptors (Lipinski definition) is 3. The van der Waals surface area contributed by atoms with E-state index in [1.807, 2.05) is 24.3 Å². The molecule has 1 aliphatic carbocycles. The summed E-state index contributed by atoms with van der Waals surface area (Å²) in [6.07, 6.45) is 0. The van der Waals surface area contributed by atoms with E-state index >= 15 is 0 Å². The van der Waals surface area contributed by atoms with Gasteiger partial charge in [-0.15, -0.1) is 0 Å². The molecule has 0 fully saturated rings. The van der Waals surface area contributed by atoms with Gasteiger partial charge in [0.2, 0.25) is 0 Å². The van der Waals surface area contributed by atoms with Crippen molar-refractivity contribution < 1.29 is 4.42 Å². The molecule has 0 bridgehead atoms. The number of rotatable bonds is 3. The Kier molecular flexibility index (Phi) is 5.70. The fourth-order valence-corrected chi connectivity index (χ4v) is 8.65. The maximum atomic E-state index is 6.65. The van der Waals surface area contributed by atoms with Crippen molar-refractivity contribution in [3.8, 4) is 39.5 Å². The molecule has 0 spiro atoms. The molecule has 0 aliphatic heterocycles. The maximum Gasteiger partial charge on any atom is 0.160 e. The summed E-state index contributed by atoms with van der Waals surface area (Å²) in [6.45, 7) is 4.68. The van der Waals surface area contributed by atoms with Crippen LogP contribution in [0.1, 0.15) is 25.0 Å². The molecule has 0 saturated heterocycles. The molecular weight excluding hydrogens is 623 g/mol. The Hall–Kier alpha value is -6.52. The molecular formula is C47H31N3O. The second-order valence-corrected chi connectivity index (χ2v) is 14.2. The van der Waals surface area contributed by atoms with E-state index in [0.717, 1.165) is 50.0 Å². The van der Waals surface area contributed by atoms with Crippen LogP contribution in [0.15, 0.2) is 156 Å². The number of aromatic nitrogens is 3. The Morgan fingerprint density at radius 2 is 1.25 bits per heavy atom. The zero-order valence-electron chi connectivity index (χ0n) is 28.2. The molecule has 11 rings (SSSR count). The van der Waals surface area contributed by atoms with Gasteiger partial charge in [-0.2, -0.15) is 0 Å². The number of hydrogen-bond donors (Lipinski definition) is 0. The average Bonchev–Trinajstić information content (AvgIpc) is 3.80. The SMILES string of the molecule is CC1(C)c2ccc3c4ccccc4n(-c4ccc(-c5nc(-c6ccccc6)c6ccccc6n5)cc4)c3c2-c2ccc3c(oc4ccccc43)c21. The zero-order chi connectivity index (χ0) is 33.8. The smallest absolute Gasteiger partial charge is 0.160 e. The van der Waals surface area contributed by atoms with Crippen LogP contribution in [0.3, 0.4) is 0 Å². The van der Waals surface area contributed by atoms with Crippen LogP contribution in [-0.4, -0.2) is 14.5 Å². The molecule has 3 aromatic heterocycles. The van der Waals surface area contributed by atoms with Crippen LogP contribution in [0.5, 0.6) is 0 Å². The second-order valence-electron chi connectivity index (χ2n) is 14.2. The minimum absolute atomic E-state index is 0.249. The van der Waals surface area contributed by atoms with Gasteiger partial charge < -0.3 is 8.98 Å². The number of benzene rings is 7. The van der Waals surface area contributed by atoms with Crippen molar-refractivity contribution in [2.45, 2.75) is 19.3 Å². The molecule has 1 aliphatic rings. The van der Waals surface area contributed by atoms with E-state index in [2.05, 4.69) is 146 Å². The third-order valence-electron chi connectivity index (χ3n) is 11.0. The highest BCUT2D eigenvalue weighted by molar-refractivity contribution is 6.17. The van der Waals surface area contributed by atoms with E-state index in [0.29, 0.717) is 5.82 Å². The van der Waals surface area contributed by atoms with Crippen LogP contribution in [-0.2, 0) is 5.41 Å². The Morgan fingerprint density at radius 1 is 0.549 bits per heavy atom. The largest absolute Gasteiger partial charge is 0.456 e. The van der Waals surface area contributed by atoms with Gasteiger partial charge in [-0.3, -0.25) is 0 Å². The molecule has 0 saturated carbocycles. The number of furan rings is 1. The summed E-state index contributed by atoms with van der Waals surface area (Å²) in [4.78, 5) is 10.2. The summed E-state index contributed by atoms with van der Waals surface area (Å²) >= 11 is 0. The molecule has 0 amide bonds. The molecule has 0 N–H and O–H groups in total. The Balaban J connectivity index is 1.14. The Bertz CT molecular complexity index is 3040. The molecule has 4 nitrogen and oxygen atoms in total. The first-order valence-corrected chi connectivity index (χ1v) is 17.5. The molecule has 0 unspecified atom stereocenters. The van der Waals surface area contributed by atoms with Crippen molar-refractivity contribution >= 4 is 54.6 Å². The van der Waals surface area contributed by atoms with Crippen LogP contribution in [0.4, 0.5) is 0 Å². The molecule has 0 atom stereocenters. The first-order chi connectivity index (χ1) is 25.1. The molecule has 240 valence electrons. The van der Waals surface area contributed by atoms with E-state index in [-0.39, 0.29) is 5.41 Å². The average molecular weight is 654 g/mol. The van der Waals surface area contributed by atoms with Gasteiger partial charge in [-0.1, -0.05) is 117 Å². The van der Waals surface area contributed by atoms with Gasteiger partial charge in [0.05, 0.1) is 22.2 Å². The Morgan fingerprint density at radius 3 is 2.10 bits per heavy atom. The number of nitrogens with zero attached hydrogens (tertiary/aromatic N) is 3. The first kappa shape index (κ1) is 28.3. The lowest BCUT2D eigenvalue weighted by Gasteiger charge is -2.21. The molecule has 10 aromatic rings. The lowest BCUT2D eigenvalue weighted by molar-refractivity contribution is 0.620. The summed E-state index contributed by atoms with van der Waals surface area (Å²) in [5.74, 6) is 0.716. The van der Waals surface area contributed by atoms with Gasteiger partial charge in [-0.05, 0) is 59.7 Å². The Labute approximate surface area is 294 Å². The van der Waals surface area contributed by atoms with Crippen LogP contribution >= 0.6 is 0 Å². The summed E-state index contributed by atoms with van der Waals surface area (Å²) in [5.41, 5.74) is 14.2. The molecule has 7 aromatic carbocycles. The highest BCUT2D eigenvalue weighted by Gasteiger charge is 2.40. The molecule has 4 heteroatoms. The zero-order valence-corrected chi connectivity index (χ0v) is 28.2. The van der Waals surface area contributed by atoms with Crippen molar-refractivity contribution in [1.29, 1.82) is 0 Å². The third-order valence-corrected chi connectivity index (χ3v) is 11.0. The number of para-hydroxylation sites is 3. The van der Waals surface area contributed by atoms with E-state index in [9.17, 15) is 0 Å². The van der Waals surface area contributed by atoms with E-state index in [1.165, 1.54) is 49.4 Å². The second kappa shape index (κ2) is 10.3. The molecule has 0 radical (unpaired) electrons. The van der Waals surface area contributed by atoms with Crippen LogP contribution in [0.25, 0.3) is 94.1 Å². The van der Waals surface area contributed by atoms with Crippen molar-refractivity contribution in [3.05, 3.63) is 163 Å². The fourth-order valence-electron chi connectivity index (χ4n) is 8.65. The minimum atomic E-state index is -0.249. The highest BCUT2D eigenvalue weighted by Crippen LogP contribution is 2.55. The maximum absolute atomic E-state index is 6.65. The normalized spacial score (nSPS) is 13.5. The van der Waals surface area contributed by atoms with Crippen molar-refractivity contribution in [2.75, 3.05) is 0 Å². The standard InChI is InChI=1S/C47H31N3O/c1-47(2)37-27-26-33-31-14-7-10-18-39(31)50(44(33)41(37)36-25-24-34-32-15-8-11-19-40(32)51-45(34)42(36)47)30-22-20-29(21-23-30)46-48-38-17-9-6-16-35(38)43(49-46)28-12-4-3-5-13-28/h3-27H,1-2H3. The summed E-state index contributed by atoms with van der Waals surface area (Å²) in [7, 11) is 0. The predicted molar refractivity (Wildman–Crippen MR) is 210 cm³/mol. The van der Waals surface area contributed by atoms with Gasteiger partial charge in [0, 0.05) is 60.3 Å². The molecule has 3 heterocycles. The minimum Gasteiger partial charge on any atom is -0.456 e.